The van der Waals surface area contributed by atoms with Crippen molar-refractivity contribution >= 4 is 12.6 Å². The molecule has 5 heavy (non-hydrogen) atoms. The minimum Gasteiger partial charge on any atom is -0.303 e. The zero-order chi connectivity index (χ0) is 4.12. The van der Waals surface area contributed by atoms with Gasteiger partial charge in [-0.3, -0.25) is 0 Å². The van der Waals surface area contributed by atoms with Crippen LogP contribution in [0.25, 0.3) is 0 Å². The van der Waals surface area contributed by atoms with E-state index in [9.17, 15) is 0 Å². The summed E-state index contributed by atoms with van der Waals surface area (Å²) in [4.78, 5) is 18.2. The van der Waals surface area contributed by atoms with Crippen LogP contribution in [0.1, 0.15) is 0 Å². The van der Waals surface area contributed by atoms with Crippen LogP contribution in [0.5, 0.6) is 0 Å². The second kappa shape index (κ2) is 3.34. The third-order valence-corrected chi connectivity index (χ3v) is 0.157. The third kappa shape index (κ3) is 3.34. The number of rotatable bonds is 2. The molecule has 0 N–H and O–H groups in total. The molecule has 0 aliphatic rings. The average molecular weight is 71.1 g/mol. The van der Waals surface area contributed by atoms with E-state index in [0.717, 1.165) is 6.42 Å². The van der Waals surface area contributed by atoms with Gasteiger partial charge >= 0.3 is 0 Å². The molecule has 0 atom stereocenters. The van der Waals surface area contributed by atoms with Crippen LogP contribution in [-0.2, 0) is 9.59 Å². The van der Waals surface area contributed by atoms with Gasteiger partial charge in [-0.2, -0.15) is 0 Å². The lowest BCUT2D eigenvalue weighted by molar-refractivity contribution is -0.110. The monoisotopic (exact) mass is 71.0 g/mol. The van der Waals surface area contributed by atoms with Crippen LogP contribution in [0, 0.1) is 6.42 Å². The molecule has 0 unspecified atom stereocenters. The Bertz CT molecular complexity index is 34.2. The summed E-state index contributed by atoms with van der Waals surface area (Å²) in [6, 6.07) is 0. The van der Waals surface area contributed by atoms with Gasteiger partial charge in [0, 0.05) is 0 Å². The molecule has 2 nitrogen and oxygen atoms in total. The zero-order valence-electron chi connectivity index (χ0n) is 2.55. The number of hydrogen-bond donors (Lipinski definition) is 0. The predicted molar refractivity (Wildman–Crippen MR) is 16.4 cm³/mol. The largest absolute Gasteiger partial charge is 0.303 e. The average Bonchev–Trinajstić information content (AvgIpc) is 1.41. The van der Waals surface area contributed by atoms with Crippen LogP contribution >= 0.6 is 0 Å². The molecule has 27 valence electrons. The lowest BCUT2D eigenvalue weighted by Crippen LogP contribution is -1.71. The number of aldehydes is 2. The lowest BCUT2D eigenvalue weighted by Gasteiger charge is -1.52. The summed E-state index contributed by atoms with van der Waals surface area (Å²) < 4.78 is 0. The van der Waals surface area contributed by atoms with Gasteiger partial charge in [-0.25, -0.2) is 0 Å². The SMILES string of the molecule is O=C[CH]C=O. The van der Waals surface area contributed by atoms with Crippen LogP contribution < -0.4 is 0 Å². The molecule has 0 spiro atoms. The summed E-state index contributed by atoms with van der Waals surface area (Å²) >= 11 is 0. The highest BCUT2D eigenvalue weighted by Gasteiger charge is 1.66. The first kappa shape index (κ1) is 4.34. The fraction of sp³-hybridized carbons (Fsp3) is 0. The Morgan fingerprint density at radius 2 is 1.40 bits per heavy atom. The summed E-state index contributed by atoms with van der Waals surface area (Å²) in [5, 5.41) is 0. The molecule has 0 aromatic carbocycles. The number of carbonyl (C=O) groups is 2. The molecule has 0 aliphatic heterocycles. The van der Waals surface area contributed by atoms with Crippen LogP contribution in [0.15, 0.2) is 0 Å². The quantitative estimate of drug-likeness (QED) is 0.327. The summed E-state index contributed by atoms with van der Waals surface area (Å²) in [6.45, 7) is 0. The standard InChI is InChI=1S/C3H3O2/c4-2-1-3-5/h1-3H. The van der Waals surface area contributed by atoms with Gasteiger partial charge in [0.25, 0.3) is 0 Å². The van der Waals surface area contributed by atoms with E-state index in [1.165, 1.54) is 0 Å². The number of hydrogen-bond acceptors (Lipinski definition) is 2. The second-order valence-electron chi connectivity index (χ2n) is 0.465. The van der Waals surface area contributed by atoms with Gasteiger partial charge in [-0.15, -0.1) is 0 Å². The van der Waals surface area contributed by atoms with Crippen molar-refractivity contribution in [2.24, 2.45) is 0 Å². The van der Waals surface area contributed by atoms with Gasteiger partial charge in [0.05, 0.1) is 6.42 Å². The van der Waals surface area contributed by atoms with E-state index in [0.29, 0.717) is 12.6 Å². The minimum absolute atomic E-state index is 0.438. The molecule has 0 rings (SSSR count). The van der Waals surface area contributed by atoms with Crippen molar-refractivity contribution in [3.05, 3.63) is 6.42 Å². The van der Waals surface area contributed by atoms with E-state index >= 15 is 0 Å². The Kier molecular flexibility index (Phi) is 2.90. The summed E-state index contributed by atoms with van der Waals surface area (Å²) in [7, 11) is 0. The Morgan fingerprint density at radius 3 is 1.40 bits per heavy atom. The fourth-order valence-electron chi connectivity index (χ4n) is 0.0321. The topological polar surface area (TPSA) is 34.1 Å². The molecule has 0 bridgehead atoms. The van der Waals surface area contributed by atoms with E-state index in [-0.39, 0.29) is 0 Å². The van der Waals surface area contributed by atoms with Crippen molar-refractivity contribution < 1.29 is 9.59 Å². The first-order valence-electron chi connectivity index (χ1n) is 1.14. The molecule has 0 aromatic rings. The molecular weight excluding hydrogens is 68.0 g/mol. The summed E-state index contributed by atoms with van der Waals surface area (Å²) in [6.07, 6.45) is 1.76. The summed E-state index contributed by atoms with van der Waals surface area (Å²) in [5.74, 6) is 0. The number of carbonyl (C=O) groups excluding carboxylic acids is 2. The van der Waals surface area contributed by atoms with Crippen LogP contribution in [0.2, 0.25) is 0 Å². The van der Waals surface area contributed by atoms with Crippen molar-refractivity contribution in [3.63, 3.8) is 0 Å². The first-order valence-corrected chi connectivity index (χ1v) is 1.14. The van der Waals surface area contributed by atoms with Gasteiger partial charge in [-0.05, 0) is 0 Å². The Morgan fingerprint density at radius 1 is 1.00 bits per heavy atom. The van der Waals surface area contributed by atoms with E-state index < -0.39 is 0 Å². The molecule has 0 aromatic heterocycles. The van der Waals surface area contributed by atoms with Gasteiger partial charge in [0.2, 0.25) is 0 Å². The van der Waals surface area contributed by atoms with Crippen molar-refractivity contribution in [1.29, 1.82) is 0 Å². The zero-order valence-corrected chi connectivity index (χ0v) is 2.55. The molecule has 0 fully saturated rings. The van der Waals surface area contributed by atoms with E-state index in [1.807, 2.05) is 0 Å². The highest BCUT2D eigenvalue weighted by Crippen LogP contribution is 1.47. The maximum atomic E-state index is 9.12. The molecule has 0 aliphatic carbocycles. The highest BCUT2D eigenvalue weighted by molar-refractivity contribution is 5.86. The van der Waals surface area contributed by atoms with Gasteiger partial charge in [0.1, 0.15) is 12.6 Å². The minimum atomic E-state index is 0.438. The predicted octanol–water partition coefficient (Wildman–Crippen LogP) is -0.412. The van der Waals surface area contributed by atoms with Gasteiger partial charge in [0.15, 0.2) is 0 Å². The maximum absolute atomic E-state index is 9.12. The first-order chi connectivity index (χ1) is 2.41. The van der Waals surface area contributed by atoms with Gasteiger partial charge in [-0.1, -0.05) is 0 Å². The fourth-order valence-corrected chi connectivity index (χ4v) is 0.0321. The molecule has 0 saturated carbocycles. The molecule has 1 radical (unpaired) electrons. The van der Waals surface area contributed by atoms with E-state index in [1.54, 1.807) is 0 Å². The second-order valence-corrected chi connectivity index (χ2v) is 0.465. The van der Waals surface area contributed by atoms with Crippen molar-refractivity contribution in [2.45, 2.75) is 0 Å². The lowest BCUT2D eigenvalue weighted by atomic mass is 10.6. The van der Waals surface area contributed by atoms with Crippen molar-refractivity contribution in [1.82, 2.24) is 0 Å². The molecule has 0 heterocycles. The van der Waals surface area contributed by atoms with Crippen molar-refractivity contribution in [2.75, 3.05) is 0 Å². The highest BCUT2D eigenvalue weighted by atomic mass is 16.1. The van der Waals surface area contributed by atoms with Crippen LogP contribution in [0.4, 0.5) is 0 Å². The smallest absolute Gasteiger partial charge is 0.131 e. The van der Waals surface area contributed by atoms with E-state index in [4.69, 9.17) is 9.59 Å². The summed E-state index contributed by atoms with van der Waals surface area (Å²) in [5.41, 5.74) is 0. The normalized spacial score (nSPS) is 6.40. The maximum Gasteiger partial charge on any atom is 0.131 e. The van der Waals surface area contributed by atoms with Crippen molar-refractivity contribution in [3.8, 4) is 0 Å². The van der Waals surface area contributed by atoms with E-state index in [2.05, 4.69) is 0 Å². The van der Waals surface area contributed by atoms with Crippen LogP contribution in [0.3, 0.4) is 0 Å². The Labute approximate surface area is 29.8 Å². The Hall–Kier alpha value is -0.660. The molecule has 2 heteroatoms. The molecular formula is C3H3O2. The molecule has 0 amide bonds. The Balaban J connectivity index is 2.65. The van der Waals surface area contributed by atoms with Gasteiger partial charge < -0.3 is 9.59 Å². The van der Waals surface area contributed by atoms with Crippen LogP contribution in [-0.4, -0.2) is 12.6 Å². The molecule has 0 saturated heterocycles. The third-order valence-electron chi connectivity index (χ3n) is 0.157.